The van der Waals surface area contributed by atoms with E-state index in [0.29, 0.717) is 5.96 Å². The van der Waals surface area contributed by atoms with Gasteiger partial charge in [0.15, 0.2) is 5.96 Å². The lowest BCUT2D eigenvalue weighted by Gasteiger charge is -2.05. The predicted octanol–water partition coefficient (Wildman–Crippen LogP) is 0.732. The minimum absolute atomic E-state index is 0. The van der Waals surface area contributed by atoms with E-state index in [1.807, 2.05) is 18.7 Å². The Labute approximate surface area is 114 Å². The fraction of sp³-hybridized carbons (Fsp3) is 0.600. The molecule has 0 saturated heterocycles. The van der Waals surface area contributed by atoms with Crippen molar-refractivity contribution in [2.45, 2.75) is 20.3 Å². The normalized spacial score (nSPS) is 11.1. The van der Waals surface area contributed by atoms with Crippen LogP contribution in [0.4, 0.5) is 0 Å². The van der Waals surface area contributed by atoms with Gasteiger partial charge in [-0.15, -0.1) is 24.0 Å². The Morgan fingerprint density at radius 3 is 2.56 bits per heavy atom. The molecule has 0 aromatic carbocycles. The number of rotatable bonds is 3. The minimum Gasteiger partial charge on any atom is -0.370 e. The van der Waals surface area contributed by atoms with Gasteiger partial charge in [-0.25, -0.2) is 0 Å². The summed E-state index contributed by atoms with van der Waals surface area (Å²) in [6.45, 7) is 4.89. The van der Waals surface area contributed by atoms with Gasteiger partial charge in [-0.2, -0.15) is 5.10 Å². The maximum absolute atomic E-state index is 5.54. The molecule has 6 heteroatoms. The summed E-state index contributed by atoms with van der Waals surface area (Å²) in [7, 11) is 3.63. The third-order valence-corrected chi connectivity index (χ3v) is 2.58. The van der Waals surface area contributed by atoms with E-state index in [0.717, 1.165) is 18.7 Å². The van der Waals surface area contributed by atoms with Crippen LogP contribution >= 0.6 is 24.0 Å². The van der Waals surface area contributed by atoms with Crippen molar-refractivity contribution in [1.29, 1.82) is 0 Å². The fourth-order valence-corrected chi connectivity index (χ4v) is 1.57. The number of hydrogen-bond donors (Lipinski definition) is 2. The first-order valence-electron chi connectivity index (χ1n) is 5.01. The molecule has 3 N–H and O–H groups in total. The van der Waals surface area contributed by atoms with E-state index in [-0.39, 0.29) is 24.0 Å². The van der Waals surface area contributed by atoms with Crippen LogP contribution in [-0.2, 0) is 13.5 Å². The highest BCUT2D eigenvalue weighted by atomic mass is 127. The molecule has 0 aliphatic rings. The van der Waals surface area contributed by atoms with Gasteiger partial charge in [0.05, 0.1) is 5.69 Å². The highest BCUT2D eigenvalue weighted by molar-refractivity contribution is 14.0. The smallest absolute Gasteiger partial charge is 0.188 e. The van der Waals surface area contributed by atoms with Crippen molar-refractivity contribution < 1.29 is 0 Å². The van der Waals surface area contributed by atoms with E-state index < -0.39 is 0 Å². The highest BCUT2D eigenvalue weighted by Gasteiger charge is 2.08. The molecule has 0 saturated carbocycles. The lowest BCUT2D eigenvalue weighted by molar-refractivity contribution is 0.729. The number of nitrogens with zero attached hydrogens (tertiary/aromatic N) is 3. The second-order valence-electron chi connectivity index (χ2n) is 3.56. The summed E-state index contributed by atoms with van der Waals surface area (Å²) in [5.41, 5.74) is 9.12. The zero-order chi connectivity index (χ0) is 11.4. The SMILES string of the molecule is CN=C(N)NCCc1c(C)nn(C)c1C.I. The first-order valence-corrected chi connectivity index (χ1v) is 5.01. The first kappa shape index (κ1) is 15.2. The van der Waals surface area contributed by atoms with Crippen LogP contribution in [0, 0.1) is 13.8 Å². The number of aryl methyl sites for hydroxylation is 2. The molecular weight excluding hydrogens is 317 g/mol. The van der Waals surface area contributed by atoms with Crippen LogP contribution in [0.3, 0.4) is 0 Å². The molecule has 0 aliphatic heterocycles. The topological polar surface area (TPSA) is 68.2 Å². The molecule has 0 aliphatic carbocycles. The number of guanidine groups is 1. The molecule has 0 spiro atoms. The lowest BCUT2D eigenvalue weighted by Crippen LogP contribution is -2.33. The number of nitrogens with one attached hydrogen (secondary N) is 1. The molecule has 92 valence electrons. The van der Waals surface area contributed by atoms with Gasteiger partial charge < -0.3 is 11.1 Å². The number of halogens is 1. The van der Waals surface area contributed by atoms with Gasteiger partial charge in [-0.1, -0.05) is 0 Å². The molecule has 0 radical (unpaired) electrons. The van der Waals surface area contributed by atoms with Crippen molar-refractivity contribution in [2.24, 2.45) is 17.8 Å². The maximum atomic E-state index is 5.54. The molecule has 1 rings (SSSR count). The van der Waals surface area contributed by atoms with Crippen molar-refractivity contribution in [3.63, 3.8) is 0 Å². The second-order valence-corrected chi connectivity index (χ2v) is 3.56. The van der Waals surface area contributed by atoms with Gasteiger partial charge in [-0.05, 0) is 25.8 Å². The van der Waals surface area contributed by atoms with Crippen LogP contribution in [0.1, 0.15) is 17.0 Å². The Hall–Kier alpha value is -0.790. The molecule has 0 unspecified atom stereocenters. The number of hydrogen-bond acceptors (Lipinski definition) is 2. The number of aromatic nitrogens is 2. The Morgan fingerprint density at radius 1 is 1.50 bits per heavy atom. The summed E-state index contributed by atoms with van der Waals surface area (Å²) < 4.78 is 1.90. The van der Waals surface area contributed by atoms with E-state index in [1.165, 1.54) is 11.3 Å². The third kappa shape index (κ3) is 3.66. The van der Waals surface area contributed by atoms with Crippen molar-refractivity contribution in [1.82, 2.24) is 15.1 Å². The van der Waals surface area contributed by atoms with Crippen molar-refractivity contribution in [3.8, 4) is 0 Å². The Bertz CT molecular complexity index is 370. The third-order valence-electron chi connectivity index (χ3n) is 2.58. The fourth-order valence-electron chi connectivity index (χ4n) is 1.57. The summed E-state index contributed by atoms with van der Waals surface area (Å²) in [6, 6.07) is 0. The van der Waals surface area contributed by atoms with Crippen LogP contribution < -0.4 is 11.1 Å². The summed E-state index contributed by atoms with van der Waals surface area (Å²) in [4.78, 5) is 3.83. The minimum atomic E-state index is 0. The van der Waals surface area contributed by atoms with Crippen LogP contribution in [0.15, 0.2) is 4.99 Å². The van der Waals surface area contributed by atoms with Gasteiger partial charge in [0.25, 0.3) is 0 Å². The molecule has 0 fully saturated rings. The zero-order valence-corrected chi connectivity index (χ0v) is 12.6. The second kappa shape index (κ2) is 6.72. The van der Waals surface area contributed by atoms with Crippen LogP contribution in [0.2, 0.25) is 0 Å². The van der Waals surface area contributed by atoms with Crippen molar-refractivity contribution in [3.05, 3.63) is 17.0 Å². The van der Waals surface area contributed by atoms with Crippen LogP contribution in [0.25, 0.3) is 0 Å². The molecule has 0 bridgehead atoms. The maximum Gasteiger partial charge on any atom is 0.188 e. The van der Waals surface area contributed by atoms with Gasteiger partial charge in [0.2, 0.25) is 0 Å². The van der Waals surface area contributed by atoms with Crippen LogP contribution in [-0.4, -0.2) is 29.3 Å². The van der Waals surface area contributed by atoms with Gasteiger partial charge in [-0.3, -0.25) is 9.67 Å². The predicted molar refractivity (Wildman–Crippen MR) is 77.4 cm³/mol. The standard InChI is InChI=1S/C10H19N5.HI/c1-7-9(8(2)15(4)14-7)5-6-13-10(11)12-3;/h5-6H2,1-4H3,(H3,11,12,13);1H. The first-order chi connectivity index (χ1) is 7.06. The van der Waals surface area contributed by atoms with Gasteiger partial charge in [0.1, 0.15) is 0 Å². The summed E-state index contributed by atoms with van der Waals surface area (Å²) in [5.74, 6) is 0.481. The molecule has 5 nitrogen and oxygen atoms in total. The summed E-state index contributed by atoms with van der Waals surface area (Å²) in [6.07, 6.45) is 0.918. The van der Waals surface area contributed by atoms with Gasteiger partial charge in [0, 0.05) is 26.3 Å². The monoisotopic (exact) mass is 337 g/mol. The molecule has 16 heavy (non-hydrogen) atoms. The molecular formula is C10H20IN5. The molecule has 1 heterocycles. The average molecular weight is 337 g/mol. The van der Waals surface area contributed by atoms with Crippen molar-refractivity contribution >= 4 is 29.9 Å². The quantitative estimate of drug-likeness (QED) is 0.485. The van der Waals surface area contributed by atoms with Crippen LogP contribution in [0.5, 0.6) is 0 Å². The Kier molecular flexibility index (Phi) is 6.39. The lowest BCUT2D eigenvalue weighted by atomic mass is 10.1. The van der Waals surface area contributed by atoms with Crippen molar-refractivity contribution in [2.75, 3.05) is 13.6 Å². The van der Waals surface area contributed by atoms with E-state index in [9.17, 15) is 0 Å². The summed E-state index contributed by atoms with van der Waals surface area (Å²) >= 11 is 0. The summed E-state index contributed by atoms with van der Waals surface area (Å²) in [5, 5.41) is 7.39. The van der Waals surface area contributed by atoms with E-state index in [4.69, 9.17) is 5.73 Å². The molecule has 0 atom stereocenters. The number of aliphatic imine (C=N–C) groups is 1. The van der Waals surface area contributed by atoms with E-state index in [2.05, 4.69) is 22.3 Å². The van der Waals surface area contributed by atoms with E-state index in [1.54, 1.807) is 7.05 Å². The Morgan fingerprint density at radius 2 is 2.12 bits per heavy atom. The molecule has 1 aromatic heterocycles. The average Bonchev–Trinajstić information content (AvgIpc) is 2.44. The number of nitrogens with two attached hydrogens (primary N) is 1. The van der Waals surface area contributed by atoms with E-state index >= 15 is 0 Å². The molecule has 0 amide bonds. The molecule has 1 aromatic rings. The zero-order valence-electron chi connectivity index (χ0n) is 10.2. The van der Waals surface area contributed by atoms with Gasteiger partial charge >= 0.3 is 0 Å². The Balaban J connectivity index is 0.00000225. The highest BCUT2D eigenvalue weighted by Crippen LogP contribution is 2.11. The largest absolute Gasteiger partial charge is 0.370 e.